The van der Waals surface area contributed by atoms with Crippen molar-refractivity contribution in [1.29, 1.82) is 0 Å². The molecule has 0 bridgehead atoms. The molecular weight excluding hydrogens is 447 g/mol. The number of benzene rings is 1. The molecule has 1 rings (SSSR count). The van der Waals surface area contributed by atoms with Gasteiger partial charge in [-0.2, -0.15) is 0 Å². The fraction of sp³-hybridized carbons (Fsp3) is 0.467. The standard InChI is InChI=1S/C15H22BClINO5/c1-10-13(22-4)12(19(16(2)20)8-6-7-17)11(18)15(14(10)23-5)24-9-21-3/h6-7,20H,8-9H2,1-5H3/b7-6+. The first-order valence-electron chi connectivity index (χ1n) is 7.20. The summed E-state index contributed by atoms with van der Waals surface area (Å²) in [7, 11) is 3.93. The van der Waals surface area contributed by atoms with Crippen LogP contribution >= 0.6 is 34.2 Å². The smallest absolute Gasteiger partial charge is 0.409 e. The lowest BCUT2D eigenvalue weighted by molar-refractivity contribution is 0.0484. The predicted octanol–water partition coefficient (Wildman–Crippen LogP) is 3.27. The number of rotatable bonds is 9. The molecule has 0 fully saturated rings. The summed E-state index contributed by atoms with van der Waals surface area (Å²) in [5, 5.41) is 10.2. The Morgan fingerprint density at radius 3 is 2.29 bits per heavy atom. The van der Waals surface area contributed by atoms with Gasteiger partial charge in [-0.3, -0.25) is 0 Å². The first-order chi connectivity index (χ1) is 11.4. The lowest BCUT2D eigenvalue weighted by Crippen LogP contribution is -2.38. The van der Waals surface area contributed by atoms with E-state index in [9.17, 15) is 5.02 Å². The number of nitrogens with zero attached hydrogens (tertiary/aromatic N) is 1. The van der Waals surface area contributed by atoms with Crippen LogP contribution < -0.4 is 19.0 Å². The Labute approximate surface area is 161 Å². The molecule has 0 aromatic heterocycles. The maximum absolute atomic E-state index is 10.2. The minimum Gasteiger partial charge on any atom is -0.494 e. The van der Waals surface area contributed by atoms with Crippen molar-refractivity contribution in [3.05, 3.63) is 20.7 Å². The van der Waals surface area contributed by atoms with E-state index < -0.39 is 7.05 Å². The first-order valence-corrected chi connectivity index (χ1v) is 8.71. The molecule has 0 unspecified atom stereocenters. The molecular formula is C15H22BClINO5. The molecule has 0 amide bonds. The van der Waals surface area contributed by atoms with Crippen LogP contribution in [0.15, 0.2) is 11.6 Å². The summed E-state index contributed by atoms with van der Waals surface area (Å²) in [4.78, 5) is 1.76. The summed E-state index contributed by atoms with van der Waals surface area (Å²) in [5.74, 6) is 1.70. The molecule has 0 saturated heterocycles. The Morgan fingerprint density at radius 1 is 1.21 bits per heavy atom. The molecule has 134 valence electrons. The average molecular weight is 470 g/mol. The lowest BCUT2D eigenvalue weighted by atomic mass is 9.83. The Morgan fingerprint density at radius 2 is 1.83 bits per heavy atom. The molecule has 6 nitrogen and oxygen atoms in total. The third kappa shape index (κ3) is 4.62. The van der Waals surface area contributed by atoms with Gasteiger partial charge in [0.1, 0.15) is 5.75 Å². The molecule has 0 aliphatic rings. The largest absolute Gasteiger partial charge is 0.494 e. The summed E-state index contributed by atoms with van der Waals surface area (Å²) < 4.78 is 22.5. The van der Waals surface area contributed by atoms with Gasteiger partial charge in [0.25, 0.3) is 0 Å². The zero-order valence-corrected chi connectivity index (χ0v) is 17.3. The van der Waals surface area contributed by atoms with Crippen LogP contribution in [0.3, 0.4) is 0 Å². The summed E-state index contributed by atoms with van der Waals surface area (Å²) in [6, 6.07) is 0. The Kier molecular flexibility index (Phi) is 9.03. The van der Waals surface area contributed by atoms with Crippen LogP contribution in [0.2, 0.25) is 6.82 Å². The number of hydrogen-bond donors (Lipinski definition) is 1. The van der Waals surface area contributed by atoms with Crippen LogP contribution in [-0.2, 0) is 4.74 Å². The van der Waals surface area contributed by atoms with Crippen molar-refractivity contribution >= 4 is 46.9 Å². The molecule has 24 heavy (non-hydrogen) atoms. The van der Waals surface area contributed by atoms with E-state index in [1.165, 1.54) is 5.54 Å². The van der Waals surface area contributed by atoms with Crippen LogP contribution in [0.5, 0.6) is 17.2 Å². The highest BCUT2D eigenvalue weighted by Crippen LogP contribution is 2.49. The number of halogens is 2. The van der Waals surface area contributed by atoms with Gasteiger partial charge in [0, 0.05) is 24.8 Å². The number of ether oxygens (including phenoxy) is 4. The van der Waals surface area contributed by atoms with Gasteiger partial charge in [-0.15, -0.1) is 0 Å². The van der Waals surface area contributed by atoms with Crippen LogP contribution in [0.25, 0.3) is 0 Å². The molecule has 9 heteroatoms. The van der Waals surface area contributed by atoms with Crippen LogP contribution in [0, 0.1) is 10.5 Å². The predicted molar refractivity (Wildman–Crippen MR) is 106 cm³/mol. The second-order valence-electron chi connectivity index (χ2n) is 4.88. The zero-order valence-electron chi connectivity index (χ0n) is 14.4. The van der Waals surface area contributed by atoms with Gasteiger partial charge in [0.2, 0.25) is 0 Å². The van der Waals surface area contributed by atoms with E-state index in [2.05, 4.69) is 22.6 Å². The SMILES string of the molecule is COCOc1c(I)c(N(C/C=C/Cl)B(C)O)c(OC)c(C)c1OC. The van der Waals surface area contributed by atoms with E-state index in [4.69, 9.17) is 30.5 Å². The van der Waals surface area contributed by atoms with Gasteiger partial charge in [-0.25, -0.2) is 0 Å². The van der Waals surface area contributed by atoms with E-state index in [0.29, 0.717) is 29.5 Å². The molecule has 0 radical (unpaired) electrons. The van der Waals surface area contributed by atoms with Crippen LogP contribution in [-0.4, -0.2) is 46.7 Å². The quantitative estimate of drug-likeness (QED) is 0.340. The van der Waals surface area contributed by atoms with Crippen molar-refractivity contribution in [2.75, 3.05) is 39.5 Å². The third-order valence-electron chi connectivity index (χ3n) is 3.37. The highest BCUT2D eigenvalue weighted by molar-refractivity contribution is 14.1. The van der Waals surface area contributed by atoms with Crippen molar-refractivity contribution in [3.63, 3.8) is 0 Å². The summed E-state index contributed by atoms with van der Waals surface area (Å²) in [5.41, 5.74) is 2.88. The summed E-state index contributed by atoms with van der Waals surface area (Å²) in [6.45, 7) is 4.03. The van der Waals surface area contributed by atoms with Crippen molar-refractivity contribution in [1.82, 2.24) is 0 Å². The molecule has 1 aromatic carbocycles. The monoisotopic (exact) mass is 469 g/mol. The van der Waals surface area contributed by atoms with Crippen LogP contribution in [0.1, 0.15) is 5.56 Å². The fourth-order valence-corrected chi connectivity index (χ4v) is 3.38. The summed E-state index contributed by atoms with van der Waals surface area (Å²) in [6.07, 6.45) is 1.74. The highest BCUT2D eigenvalue weighted by Gasteiger charge is 2.29. The van der Waals surface area contributed by atoms with Crippen molar-refractivity contribution in [3.8, 4) is 17.2 Å². The second kappa shape index (κ2) is 10.2. The maximum atomic E-state index is 10.2. The number of hydrogen-bond acceptors (Lipinski definition) is 6. The highest BCUT2D eigenvalue weighted by atomic mass is 127. The summed E-state index contributed by atoms with van der Waals surface area (Å²) >= 11 is 7.79. The van der Waals surface area contributed by atoms with Gasteiger partial charge in [0.15, 0.2) is 18.3 Å². The molecule has 0 spiro atoms. The third-order valence-corrected chi connectivity index (χ3v) is 4.55. The van der Waals surface area contributed by atoms with Crippen molar-refractivity contribution in [2.45, 2.75) is 13.7 Å². The molecule has 0 saturated carbocycles. The molecule has 0 aliphatic carbocycles. The van der Waals surface area contributed by atoms with Gasteiger partial charge in [-0.05, 0) is 36.3 Å². The molecule has 1 N–H and O–H groups in total. The van der Waals surface area contributed by atoms with E-state index in [1.807, 2.05) is 6.92 Å². The fourth-order valence-electron chi connectivity index (χ4n) is 2.34. The van der Waals surface area contributed by atoms with Crippen molar-refractivity contribution < 1.29 is 24.0 Å². The second-order valence-corrected chi connectivity index (χ2v) is 6.21. The van der Waals surface area contributed by atoms with E-state index in [0.717, 1.165) is 9.13 Å². The molecule has 1 aromatic rings. The topological polar surface area (TPSA) is 60.4 Å². The van der Waals surface area contributed by atoms with E-state index in [1.54, 1.807) is 39.0 Å². The lowest BCUT2D eigenvalue weighted by Gasteiger charge is -2.30. The minimum absolute atomic E-state index is 0.0772. The Bertz CT molecular complexity index is 586. The van der Waals surface area contributed by atoms with E-state index >= 15 is 0 Å². The Balaban J connectivity index is 3.63. The van der Waals surface area contributed by atoms with Crippen molar-refractivity contribution in [2.24, 2.45) is 0 Å². The van der Waals surface area contributed by atoms with Gasteiger partial charge >= 0.3 is 7.05 Å². The molecule has 0 aliphatic heterocycles. The van der Waals surface area contributed by atoms with E-state index in [-0.39, 0.29) is 6.79 Å². The first kappa shape index (κ1) is 21.2. The minimum atomic E-state index is -0.761. The molecule has 0 atom stereocenters. The number of methoxy groups -OCH3 is 3. The zero-order chi connectivity index (χ0) is 18.3. The number of anilines is 1. The normalized spacial score (nSPS) is 10.8. The van der Waals surface area contributed by atoms with Gasteiger partial charge < -0.3 is 28.8 Å². The maximum Gasteiger partial charge on any atom is 0.409 e. The molecule has 0 heterocycles. The van der Waals surface area contributed by atoms with Gasteiger partial charge in [0.05, 0.1) is 23.5 Å². The Hall–Kier alpha value is -0.835. The van der Waals surface area contributed by atoms with Gasteiger partial charge in [-0.1, -0.05) is 17.7 Å². The van der Waals surface area contributed by atoms with Crippen LogP contribution in [0.4, 0.5) is 5.69 Å². The average Bonchev–Trinajstić information content (AvgIpc) is 2.56.